The SMILES string of the molecule is O=C(O)c1cnn(-c2nc3cc(Br)ccc3[nH]2)c1. The Morgan fingerprint density at radius 3 is 3.00 bits per heavy atom. The second-order valence-electron chi connectivity index (χ2n) is 3.70. The van der Waals surface area contributed by atoms with Crippen molar-refractivity contribution in [1.29, 1.82) is 0 Å². The van der Waals surface area contributed by atoms with Crippen molar-refractivity contribution in [2.24, 2.45) is 0 Å². The number of aromatic amines is 1. The summed E-state index contributed by atoms with van der Waals surface area (Å²) in [6.07, 6.45) is 2.69. The molecule has 0 bridgehead atoms. The smallest absolute Gasteiger partial charge is 0.338 e. The number of hydrogen-bond acceptors (Lipinski definition) is 3. The predicted molar refractivity (Wildman–Crippen MR) is 67.9 cm³/mol. The number of halogens is 1. The van der Waals surface area contributed by atoms with Crippen molar-refractivity contribution in [3.8, 4) is 5.95 Å². The van der Waals surface area contributed by atoms with Crippen LogP contribution < -0.4 is 0 Å². The van der Waals surface area contributed by atoms with Crippen LogP contribution in [0.25, 0.3) is 17.0 Å². The maximum absolute atomic E-state index is 10.8. The van der Waals surface area contributed by atoms with Gasteiger partial charge in [0.1, 0.15) is 0 Å². The molecule has 90 valence electrons. The molecule has 18 heavy (non-hydrogen) atoms. The number of imidazole rings is 1. The molecule has 0 aliphatic rings. The Morgan fingerprint density at radius 1 is 1.44 bits per heavy atom. The second-order valence-corrected chi connectivity index (χ2v) is 4.62. The summed E-state index contributed by atoms with van der Waals surface area (Å²) in [5.74, 6) is -0.532. The standard InChI is InChI=1S/C11H7BrN4O2/c12-7-1-2-8-9(3-7)15-11(14-8)16-5-6(4-13-16)10(17)18/h1-5H,(H,14,15)(H,17,18). The minimum Gasteiger partial charge on any atom is -0.478 e. The molecule has 0 radical (unpaired) electrons. The van der Waals surface area contributed by atoms with Crippen LogP contribution in [0.3, 0.4) is 0 Å². The van der Waals surface area contributed by atoms with E-state index in [-0.39, 0.29) is 5.56 Å². The Labute approximate surface area is 109 Å². The highest BCUT2D eigenvalue weighted by atomic mass is 79.9. The maximum atomic E-state index is 10.8. The lowest BCUT2D eigenvalue weighted by Gasteiger charge is -1.92. The van der Waals surface area contributed by atoms with Crippen molar-refractivity contribution >= 4 is 32.9 Å². The zero-order chi connectivity index (χ0) is 12.7. The van der Waals surface area contributed by atoms with Crippen molar-refractivity contribution in [3.63, 3.8) is 0 Å². The normalized spacial score (nSPS) is 10.9. The molecule has 0 aliphatic carbocycles. The van der Waals surface area contributed by atoms with Crippen LogP contribution in [-0.2, 0) is 0 Å². The molecule has 3 rings (SSSR count). The molecule has 1 aromatic carbocycles. The summed E-state index contributed by atoms with van der Waals surface area (Å²) in [5, 5.41) is 12.8. The van der Waals surface area contributed by atoms with E-state index in [1.165, 1.54) is 17.1 Å². The van der Waals surface area contributed by atoms with E-state index in [2.05, 4.69) is 31.0 Å². The van der Waals surface area contributed by atoms with Gasteiger partial charge in [-0.3, -0.25) is 0 Å². The van der Waals surface area contributed by atoms with Gasteiger partial charge in [-0.15, -0.1) is 0 Å². The molecule has 7 heteroatoms. The van der Waals surface area contributed by atoms with Gasteiger partial charge in [0.15, 0.2) is 0 Å². The summed E-state index contributed by atoms with van der Waals surface area (Å²) in [6.45, 7) is 0. The van der Waals surface area contributed by atoms with Gasteiger partial charge in [-0.1, -0.05) is 15.9 Å². The van der Waals surface area contributed by atoms with Gasteiger partial charge in [0, 0.05) is 10.7 Å². The lowest BCUT2D eigenvalue weighted by atomic mass is 10.3. The number of aromatic nitrogens is 4. The number of fused-ring (bicyclic) bond motifs is 1. The monoisotopic (exact) mass is 306 g/mol. The third-order valence-corrected chi connectivity index (χ3v) is 2.97. The topological polar surface area (TPSA) is 83.8 Å². The van der Waals surface area contributed by atoms with E-state index in [0.29, 0.717) is 5.95 Å². The Bertz CT molecular complexity index is 746. The van der Waals surface area contributed by atoms with Crippen LogP contribution in [0.4, 0.5) is 0 Å². The molecular weight excluding hydrogens is 300 g/mol. The number of nitrogens with one attached hydrogen (secondary N) is 1. The molecular formula is C11H7BrN4O2. The molecule has 0 aliphatic heterocycles. The van der Waals surface area contributed by atoms with Gasteiger partial charge in [0.2, 0.25) is 5.95 Å². The molecule has 0 fully saturated rings. The number of rotatable bonds is 2. The van der Waals surface area contributed by atoms with Crippen molar-refractivity contribution in [2.75, 3.05) is 0 Å². The van der Waals surface area contributed by atoms with Crippen molar-refractivity contribution in [3.05, 3.63) is 40.6 Å². The lowest BCUT2D eigenvalue weighted by Crippen LogP contribution is -1.97. The van der Waals surface area contributed by atoms with Gasteiger partial charge in [-0.2, -0.15) is 5.10 Å². The summed E-state index contributed by atoms with van der Waals surface area (Å²) in [6, 6.07) is 5.66. The second kappa shape index (κ2) is 3.95. The first kappa shape index (κ1) is 11.0. The summed E-state index contributed by atoms with van der Waals surface area (Å²) in [4.78, 5) is 18.2. The Balaban J connectivity index is 2.10. The van der Waals surface area contributed by atoms with Crippen LogP contribution in [0.1, 0.15) is 10.4 Å². The number of carbonyl (C=O) groups is 1. The fraction of sp³-hybridized carbons (Fsp3) is 0. The first-order chi connectivity index (χ1) is 8.63. The largest absolute Gasteiger partial charge is 0.478 e. The van der Waals surface area contributed by atoms with E-state index in [4.69, 9.17) is 5.11 Å². The number of nitrogens with zero attached hydrogens (tertiary/aromatic N) is 3. The third-order valence-electron chi connectivity index (χ3n) is 2.48. The number of H-pyrrole nitrogens is 1. The van der Waals surface area contributed by atoms with E-state index in [0.717, 1.165) is 15.5 Å². The molecule has 2 N–H and O–H groups in total. The molecule has 2 aromatic heterocycles. The minimum absolute atomic E-state index is 0.122. The van der Waals surface area contributed by atoms with E-state index >= 15 is 0 Å². The number of carboxylic acids is 1. The molecule has 6 nitrogen and oxygen atoms in total. The van der Waals surface area contributed by atoms with Crippen LogP contribution in [-0.4, -0.2) is 30.8 Å². The highest BCUT2D eigenvalue weighted by Gasteiger charge is 2.10. The molecule has 0 saturated carbocycles. The van der Waals surface area contributed by atoms with Gasteiger partial charge in [0.05, 0.1) is 22.8 Å². The van der Waals surface area contributed by atoms with Gasteiger partial charge < -0.3 is 10.1 Å². The zero-order valence-corrected chi connectivity index (χ0v) is 10.5. The molecule has 3 aromatic rings. The van der Waals surface area contributed by atoms with Crippen LogP contribution >= 0.6 is 15.9 Å². The number of carboxylic acid groups (broad SMARTS) is 1. The third kappa shape index (κ3) is 1.78. The van der Waals surface area contributed by atoms with Gasteiger partial charge in [0.25, 0.3) is 0 Å². The predicted octanol–water partition coefficient (Wildman–Crippen LogP) is 2.21. The molecule has 0 atom stereocenters. The quantitative estimate of drug-likeness (QED) is 0.760. The Morgan fingerprint density at radius 2 is 2.28 bits per heavy atom. The molecule has 0 spiro atoms. The van der Waals surface area contributed by atoms with Crippen LogP contribution in [0, 0.1) is 0 Å². The van der Waals surface area contributed by atoms with Crippen LogP contribution in [0.2, 0.25) is 0 Å². The Hall–Kier alpha value is -2.15. The summed E-state index contributed by atoms with van der Waals surface area (Å²) in [5.41, 5.74) is 1.77. The molecule has 2 heterocycles. The first-order valence-electron chi connectivity index (χ1n) is 5.07. The van der Waals surface area contributed by atoms with E-state index in [1.54, 1.807) is 0 Å². The van der Waals surface area contributed by atoms with E-state index < -0.39 is 5.97 Å². The van der Waals surface area contributed by atoms with Crippen molar-refractivity contribution < 1.29 is 9.90 Å². The number of hydrogen-bond donors (Lipinski definition) is 2. The highest BCUT2D eigenvalue weighted by Crippen LogP contribution is 2.19. The first-order valence-corrected chi connectivity index (χ1v) is 5.86. The van der Waals surface area contributed by atoms with Gasteiger partial charge >= 0.3 is 5.97 Å². The lowest BCUT2D eigenvalue weighted by molar-refractivity contribution is 0.0697. The summed E-state index contributed by atoms with van der Waals surface area (Å²) >= 11 is 3.37. The summed E-state index contributed by atoms with van der Waals surface area (Å²) < 4.78 is 2.33. The van der Waals surface area contributed by atoms with Crippen molar-refractivity contribution in [1.82, 2.24) is 19.7 Å². The van der Waals surface area contributed by atoms with Crippen molar-refractivity contribution in [2.45, 2.75) is 0 Å². The van der Waals surface area contributed by atoms with Crippen LogP contribution in [0.15, 0.2) is 35.1 Å². The fourth-order valence-corrected chi connectivity index (χ4v) is 1.97. The van der Waals surface area contributed by atoms with Gasteiger partial charge in [-0.25, -0.2) is 14.5 Å². The average Bonchev–Trinajstić information content (AvgIpc) is 2.93. The number of benzene rings is 1. The van der Waals surface area contributed by atoms with E-state index in [9.17, 15) is 4.79 Å². The van der Waals surface area contributed by atoms with Crippen LogP contribution in [0.5, 0.6) is 0 Å². The molecule has 0 amide bonds. The Kier molecular flexibility index (Phi) is 2.41. The molecule has 0 saturated heterocycles. The van der Waals surface area contributed by atoms with E-state index in [1.807, 2.05) is 18.2 Å². The van der Waals surface area contributed by atoms with Gasteiger partial charge in [-0.05, 0) is 18.2 Å². The zero-order valence-electron chi connectivity index (χ0n) is 8.96. The number of aromatic carboxylic acids is 1. The maximum Gasteiger partial charge on any atom is 0.338 e. The average molecular weight is 307 g/mol. The summed E-state index contributed by atoms with van der Waals surface area (Å²) in [7, 11) is 0. The highest BCUT2D eigenvalue weighted by molar-refractivity contribution is 9.10. The fourth-order valence-electron chi connectivity index (χ4n) is 1.62. The molecule has 0 unspecified atom stereocenters. The minimum atomic E-state index is -1.01.